The highest BCUT2D eigenvalue weighted by Crippen LogP contribution is 2.22. The lowest BCUT2D eigenvalue weighted by Crippen LogP contribution is -2.48. The molecule has 3 rings (SSSR count). The average molecular weight is 468 g/mol. The van der Waals surface area contributed by atoms with E-state index in [2.05, 4.69) is 15.8 Å². The number of benzene rings is 2. The number of halogens is 1. The van der Waals surface area contributed by atoms with E-state index in [1.807, 2.05) is 0 Å². The van der Waals surface area contributed by atoms with Gasteiger partial charge in [0.2, 0.25) is 0 Å². The lowest BCUT2D eigenvalue weighted by atomic mass is 10.0. The Labute approximate surface area is 195 Å². The summed E-state index contributed by atoms with van der Waals surface area (Å²) in [7, 11) is 0. The van der Waals surface area contributed by atoms with Crippen LogP contribution in [0, 0.1) is 5.92 Å². The van der Waals surface area contributed by atoms with Gasteiger partial charge in [-0.3, -0.25) is 9.59 Å². The fraction of sp³-hybridized carbons (Fsp3) is 0.167. The number of furan rings is 1. The smallest absolute Gasteiger partial charge is 0.335 e. The van der Waals surface area contributed by atoms with E-state index in [1.54, 1.807) is 62.4 Å². The van der Waals surface area contributed by atoms with Crippen molar-refractivity contribution in [3.63, 3.8) is 0 Å². The van der Waals surface area contributed by atoms with E-state index >= 15 is 0 Å². The second-order valence-corrected chi connectivity index (χ2v) is 7.90. The third-order valence-corrected chi connectivity index (χ3v) is 5.09. The van der Waals surface area contributed by atoms with Crippen LogP contribution in [0.5, 0.6) is 0 Å². The van der Waals surface area contributed by atoms with Crippen molar-refractivity contribution in [3.8, 4) is 11.3 Å². The average Bonchev–Trinajstić information content (AvgIpc) is 3.26. The summed E-state index contributed by atoms with van der Waals surface area (Å²) in [5.74, 6) is -1.25. The molecule has 33 heavy (non-hydrogen) atoms. The van der Waals surface area contributed by atoms with Gasteiger partial charge in [-0.2, -0.15) is 5.10 Å². The molecule has 0 spiro atoms. The van der Waals surface area contributed by atoms with E-state index in [-0.39, 0.29) is 17.0 Å². The van der Waals surface area contributed by atoms with Gasteiger partial charge >= 0.3 is 5.97 Å². The van der Waals surface area contributed by atoms with E-state index in [1.165, 1.54) is 18.3 Å². The third kappa shape index (κ3) is 6.08. The molecule has 1 heterocycles. The summed E-state index contributed by atoms with van der Waals surface area (Å²) < 4.78 is 5.66. The summed E-state index contributed by atoms with van der Waals surface area (Å²) in [5.41, 5.74) is 3.57. The molecule has 1 unspecified atom stereocenters. The number of nitrogens with zero attached hydrogens (tertiary/aromatic N) is 1. The van der Waals surface area contributed by atoms with Gasteiger partial charge in [0, 0.05) is 5.56 Å². The largest absolute Gasteiger partial charge is 0.478 e. The van der Waals surface area contributed by atoms with Gasteiger partial charge < -0.3 is 14.8 Å². The van der Waals surface area contributed by atoms with Crippen LogP contribution in [-0.2, 0) is 4.79 Å². The zero-order valence-corrected chi connectivity index (χ0v) is 18.7. The maximum Gasteiger partial charge on any atom is 0.335 e. The minimum atomic E-state index is -1.01. The van der Waals surface area contributed by atoms with Crippen LogP contribution in [-0.4, -0.2) is 35.1 Å². The normalized spacial score (nSPS) is 12.0. The first-order chi connectivity index (χ1) is 15.8. The topological polar surface area (TPSA) is 121 Å². The number of hydrazone groups is 1. The third-order valence-electron chi connectivity index (χ3n) is 4.76. The molecule has 0 aliphatic carbocycles. The number of nitrogens with one attached hydrogen (secondary N) is 2. The Balaban J connectivity index is 1.62. The van der Waals surface area contributed by atoms with Crippen molar-refractivity contribution in [2.45, 2.75) is 19.9 Å². The predicted molar refractivity (Wildman–Crippen MR) is 124 cm³/mol. The van der Waals surface area contributed by atoms with Crippen molar-refractivity contribution in [2.75, 3.05) is 0 Å². The van der Waals surface area contributed by atoms with Gasteiger partial charge in [0.15, 0.2) is 0 Å². The Morgan fingerprint density at radius 1 is 1.03 bits per heavy atom. The van der Waals surface area contributed by atoms with Crippen molar-refractivity contribution in [3.05, 3.63) is 82.6 Å². The Bertz CT molecular complexity index is 1180. The van der Waals surface area contributed by atoms with Crippen molar-refractivity contribution >= 4 is 35.6 Å². The van der Waals surface area contributed by atoms with Gasteiger partial charge in [0.25, 0.3) is 11.8 Å². The molecule has 170 valence electrons. The minimum Gasteiger partial charge on any atom is -0.478 e. The van der Waals surface area contributed by atoms with Crippen molar-refractivity contribution in [1.82, 2.24) is 10.7 Å². The highest BCUT2D eigenvalue weighted by Gasteiger charge is 2.25. The van der Waals surface area contributed by atoms with Gasteiger partial charge in [-0.15, -0.1) is 0 Å². The zero-order chi connectivity index (χ0) is 24.0. The number of carboxylic acid groups (broad SMARTS) is 1. The predicted octanol–water partition coefficient (Wildman–Crippen LogP) is 4.20. The highest BCUT2D eigenvalue weighted by molar-refractivity contribution is 6.33. The molecule has 3 N–H and O–H groups in total. The molecule has 0 saturated heterocycles. The molecular weight excluding hydrogens is 446 g/mol. The van der Waals surface area contributed by atoms with E-state index in [9.17, 15) is 14.4 Å². The molecule has 0 saturated carbocycles. The Morgan fingerprint density at radius 3 is 2.36 bits per heavy atom. The molecule has 2 amide bonds. The Kier molecular flexibility index (Phi) is 7.63. The highest BCUT2D eigenvalue weighted by atomic mass is 35.5. The molecule has 0 fully saturated rings. The van der Waals surface area contributed by atoms with Crippen molar-refractivity contribution < 1.29 is 23.9 Å². The van der Waals surface area contributed by atoms with E-state index in [0.717, 1.165) is 0 Å². The molecule has 3 aromatic rings. The fourth-order valence-electron chi connectivity index (χ4n) is 2.98. The lowest BCUT2D eigenvalue weighted by Gasteiger charge is -2.20. The Morgan fingerprint density at radius 2 is 1.73 bits per heavy atom. The van der Waals surface area contributed by atoms with E-state index in [4.69, 9.17) is 21.1 Å². The van der Waals surface area contributed by atoms with Crippen LogP contribution in [0.4, 0.5) is 0 Å². The van der Waals surface area contributed by atoms with Crippen LogP contribution in [0.25, 0.3) is 11.3 Å². The zero-order valence-electron chi connectivity index (χ0n) is 17.9. The van der Waals surface area contributed by atoms with Crippen LogP contribution in [0.1, 0.15) is 40.3 Å². The molecule has 0 aliphatic heterocycles. The molecule has 2 aromatic carbocycles. The second-order valence-electron chi connectivity index (χ2n) is 7.49. The number of hydrogen-bond acceptors (Lipinski definition) is 5. The van der Waals surface area contributed by atoms with Gasteiger partial charge in [-0.05, 0) is 42.3 Å². The second kappa shape index (κ2) is 10.6. The maximum absolute atomic E-state index is 12.6. The number of carbonyl (C=O) groups is 3. The standard InChI is InChI=1S/C24H22ClN3O5/c1-14(2)21(27-22(29)18-5-3-4-6-19(18)25)23(30)28-26-13-17-11-12-20(33-17)15-7-9-16(10-8-15)24(31)32/h3-14,21H,1-2H3,(H,27,29)(H,28,30)(H,31,32). The van der Waals surface area contributed by atoms with Crippen LogP contribution in [0.3, 0.4) is 0 Å². The minimum absolute atomic E-state index is 0.177. The summed E-state index contributed by atoms with van der Waals surface area (Å²) in [6.07, 6.45) is 1.33. The van der Waals surface area contributed by atoms with Crippen molar-refractivity contribution in [1.29, 1.82) is 0 Å². The Hall–Kier alpha value is -3.91. The SMILES string of the molecule is CC(C)C(NC(=O)c1ccccc1Cl)C(=O)NN=Cc1ccc(-c2ccc(C(=O)O)cc2)o1. The van der Waals surface area contributed by atoms with Crippen molar-refractivity contribution in [2.24, 2.45) is 11.0 Å². The molecular formula is C24H22ClN3O5. The molecule has 1 aromatic heterocycles. The number of amides is 2. The monoisotopic (exact) mass is 467 g/mol. The van der Waals surface area contributed by atoms with Crippen LogP contribution in [0.2, 0.25) is 5.02 Å². The van der Waals surface area contributed by atoms with Crippen LogP contribution < -0.4 is 10.7 Å². The van der Waals surface area contributed by atoms with Crippen LogP contribution >= 0.6 is 11.6 Å². The number of carboxylic acids is 1. The molecule has 9 heteroatoms. The van der Waals surface area contributed by atoms with Gasteiger partial charge in [0.1, 0.15) is 17.6 Å². The first-order valence-corrected chi connectivity index (χ1v) is 10.5. The molecule has 0 radical (unpaired) electrons. The summed E-state index contributed by atoms with van der Waals surface area (Å²) in [6, 6.07) is 15.4. The fourth-order valence-corrected chi connectivity index (χ4v) is 3.20. The molecule has 0 aliphatic rings. The summed E-state index contributed by atoms with van der Waals surface area (Å²) in [5, 5.41) is 15.9. The first-order valence-electron chi connectivity index (χ1n) is 10.1. The number of rotatable bonds is 8. The van der Waals surface area contributed by atoms with Crippen LogP contribution in [0.15, 0.2) is 70.2 Å². The van der Waals surface area contributed by atoms with E-state index in [0.29, 0.717) is 22.1 Å². The van der Waals surface area contributed by atoms with Gasteiger partial charge in [-0.1, -0.05) is 49.7 Å². The summed E-state index contributed by atoms with van der Waals surface area (Å²) in [6.45, 7) is 3.60. The summed E-state index contributed by atoms with van der Waals surface area (Å²) >= 11 is 6.06. The molecule has 1 atom stereocenters. The number of hydrogen-bond donors (Lipinski definition) is 3. The summed E-state index contributed by atoms with van der Waals surface area (Å²) in [4.78, 5) is 36.1. The van der Waals surface area contributed by atoms with Gasteiger partial charge in [0.05, 0.1) is 22.4 Å². The van der Waals surface area contributed by atoms with Gasteiger partial charge in [-0.25, -0.2) is 10.2 Å². The van der Waals surface area contributed by atoms with E-state index < -0.39 is 23.8 Å². The quantitative estimate of drug-likeness (QED) is 0.338. The lowest BCUT2D eigenvalue weighted by molar-refractivity contribution is -0.123. The maximum atomic E-state index is 12.6. The molecule has 8 nitrogen and oxygen atoms in total. The number of carbonyl (C=O) groups excluding carboxylic acids is 2. The first kappa shape index (κ1) is 23.7. The number of aromatic carboxylic acids is 1. The molecule has 0 bridgehead atoms.